The number of H-pyrrole nitrogens is 1. The van der Waals surface area contributed by atoms with Gasteiger partial charge in [-0.1, -0.05) is 12.8 Å². The van der Waals surface area contributed by atoms with Crippen LogP contribution < -0.4 is 11.3 Å². The Morgan fingerprint density at radius 3 is 3.00 bits per heavy atom. The van der Waals surface area contributed by atoms with Crippen LogP contribution in [0.25, 0.3) is 0 Å². The minimum absolute atomic E-state index is 0.0430. The second-order valence-electron chi connectivity index (χ2n) is 3.89. The Bertz CT molecular complexity index is 384. The van der Waals surface area contributed by atoms with Crippen molar-refractivity contribution in [3.63, 3.8) is 0 Å². The molecule has 1 atom stereocenters. The van der Waals surface area contributed by atoms with Gasteiger partial charge in [-0.05, 0) is 41.0 Å². The largest absolute Gasteiger partial charge is 0.328 e. The molecule has 0 unspecified atom stereocenters. The van der Waals surface area contributed by atoms with Crippen LogP contribution in [0, 0.1) is 9.49 Å². The van der Waals surface area contributed by atoms with Crippen molar-refractivity contribution >= 4 is 22.6 Å². The Kier molecular flexibility index (Phi) is 2.92. The van der Waals surface area contributed by atoms with Crippen LogP contribution in [0.5, 0.6) is 0 Å². The first kappa shape index (κ1) is 10.2. The molecule has 1 aromatic heterocycles. The van der Waals surface area contributed by atoms with E-state index in [4.69, 9.17) is 5.73 Å². The Hall–Kier alpha value is -0.360. The standard InChI is InChI=1S/C10H13IN2O/c11-7-4-8(10(14)13-5-7)9(12)3-6-1-2-6/h4-6,9H,1-3,12H2,(H,13,14)/t9-/m0/s1. The summed E-state index contributed by atoms with van der Waals surface area (Å²) in [4.78, 5) is 14.2. The third-order valence-electron chi connectivity index (χ3n) is 2.58. The van der Waals surface area contributed by atoms with Gasteiger partial charge < -0.3 is 10.7 Å². The summed E-state index contributed by atoms with van der Waals surface area (Å²) in [5, 5.41) is 0. The SMILES string of the molecule is N[C@@H](CC1CC1)c1cc(I)c[nH]c1=O. The van der Waals surface area contributed by atoms with Crippen molar-refractivity contribution in [2.24, 2.45) is 11.7 Å². The molecule has 2 rings (SSSR count). The zero-order valence-corrected chi connectivity index (χ0v) is 9.95. The van der Waals surface area contributed by atoms with Crippen LogP contribution in [0.15, 0.2) is 17.1 Å². The Labute approximate surface area is 96.2 Å². The zero-order chi connectivity index (χ0) is 10.1. The van der Waals surface area contributed by atoms with Crippen molar-refractivity contribution in [2.75, 3.05) is 0 Å². The molecule has 4 heteroatoms. The fourth-order valence-corrected chi connectivity index (χ4v) is 2.08. The number of rotatable bonds is 3. The van der Waals surface area contributed by atoms with E-state index in [9.17, 15) is 4.79 Å². The number of hydrogen-bond acceptors (Lipinski definition) is 2. The van der Waals surface area contributed by atoms with Crippen LogP contribution in [-0.4, -0.2) is 4.98 Å². The summed E-state index contributed by atoms with van der Waals surface area (Å²) in [5.74, 6) is 0.752. The van der Waals surface area contributed by atoms with Crippen molar-refractivity contribution < 1.29 is 0 Å². The van der Waals surface area contributed by atoms with Gasteiger partial charge in [0.15, 0.2) is 0 Å². The third-order valence-corrected chi connectivity index (χ3v) is 3.20. The van der Waals surface area contributed by atoms with E-state index in [0.29, 0.717) is 0 Å². The van der Waals surface area contributed by atoms with Gasteiger partial charge in [0, 0.05) is 21.4 Å². The summed E-state index contributed by atoms with van der Waals surface area (Å²) < 4.78 is 1.03. The lowest BCUT2D eigenvalue weighted by molar-refractivity contribution is 0.591. The second-order valence-corrected chi connectivity index (χ2v) is 5.13. The van der Waals surface area contributed by atoms with Gasteiger partial charge in [0.1, 0.15) is 0 Å². The van der Waals surface area contributed by atoms with E-state index in [2.05, 4.69) is 27.6 Å². The molecule has 0 saturated heterocycles. The first-order chi connectivity index (χ1) is 6.66. The van der Waals surface area contributed by atoms with Gasteiger partial charge in [0.2, 0.25) is 0 Å². The van der Waals surface area contributed by atoms with Crippen LogP contribution in [0.3, 0.4) is 0 Å². The minimum Gasteiger partial charge on any atom is -0.328 e. The monoisotopic (exact) mass is 304 g/mol. The van der Waals surface area contributed by atoms with E-state index in [1.54, 1.807) is 6.20 Å². The Morgan fingerprint density at radius 1 is 1.64 bits per heavy atom. The molecular weight excluding hydrogens is 291 g/mol. The highest BCUT2D eigenvalue weighted by atomic mass is 127. The maximum absolute atomic E-state index is 11.5. The van der Waals surface area contributed by atoms with Crippen LogP contribution in [-0.2, 0) is 0 Å². The number of nitrogens with one attached hydrogen (secondary N) is 1. The molecule has 14 heavy (non-hydrogen) atoms. The minimum atomic E-state index is -0.0963. The average molecular weight is 304 g/mol. The number of aromatic amines is 1. The van der Waals surface area contributed by atoms with Gasteiger partial charge in [-0.2, -0.15) is 0 Å². The molecule has 1 aliphatic rings. The fourth-order valence-electron chi connectivity index (χ4n) is 1.59. The third kappa shape index (κ3) is 2.36. The number of nitrogens with two attached hydrogens (primary N) is 1. The van der Waals surface area contributed by atoms with E-state index in [1.165, 1.54) is 12.8 Å². The Morgan fingerprint density at radius 2 is 2.36 bits per heavy atom. The lowest BCUT2D eigenvalue weighted by Crippen LogP contribution is -2.22. The molecule has 0 spiro atoms. The Balaban J connectivity index is 2.20. The van der Waals surface area contributed by atoms with Crippen molar-refractivity contribution in [3.8, 4) is 0 Å². The smallest absolute Gasteiger partial charge is 0.252 e. The quantitative estimate of drug-likeness (QED) is 0.836. The van der Waals surface area contributed by atoms with Gasteiger partial charge in [0.25, 0.3) is 5.56 Å². The molecule has 1 aliphatic carbocycles. The van der Waals surface area contributed by atoms with E-state index in [1.807, 2.05) is 6.07 Å². The number of hydrogen-bond donors (Lipinski definition) is 2. The summed E-state index contributed by atoms with van der Waals surface area (Å²) in [6.45, 7) is 0. The van der Waals surface area contributed by atoms with E-state index >= 15 is 0 Å². The van der Waals surface area contributed by atoms with E-state index in [0.717, 1.165) is 21.5 Å². The molecule has 1 fully saturated rings. The lowest BCUT2D eigenvalue weighted by Gasteiger charge is -2.10. The number of halogens is 1. The van der Waals surface area contributed by atoms with Crippen molar-refractivity contribution in [1.82, 2.24) is 4.98 Å². The molecule has 1 aromatic rings. The van der Waals surface area contributed by atoms with Gasteiger partial charge >= 0.3 is 0 Å². The molecule has 1 heterocycles. The fraction of sp³-hybridized carbons (Fsp3) is 0.500. The molecule has 76 valence electrons. The van der Waals surface area contributed by atoms with Crippen molar-refractivity contribution in [3.05, 3.63) is 31.8 Å². The molecule has 0 aliphatic heterocycles. The highest BCUT2D eigenvalue weighted by Crippen LogP contribution is 2.36. The van der Waals surface area contributed by atoms with E-state index < -0.39 is 0 Å². The lowest BCUT2D eigenvalue weighted by atomic mass is 10.0. The highest BCUT2D eigenvalue weighted by Gasteiger charge is 2.25. The molecule has 0 amide bonds. The molecule has 0 bridgehead atoms. The topological polar surface area (TPSA) is 58.9 Å². The molecule has 3 nitrogen and oxygen atoms in total. The summed E-state index contributed by atoms with van der Waals surface area (Å²) in [6.07, 6.45) is 5.20. The summed E-state index contributed by atoms with van der Waals surface area (Å²) in [6, 6.07) is 1.79. The van der Waals surface area contributed by atoms with Crippen molar-refractivity contribution in [1.29, 1.82) is 0 Å². The van der Waals surface area contributed by atoms with Crippen LogP contribution in [0.1, 0.15) is 30.9 Å². The zero-order valence-electron chi connectivity index (χ0n) is 7.79. The number of aromatic nitrogens is 1. The molecule has 0 radical (unpaired) electrons. The highest BCUT2D eigenvalue weighted by molar-refractivity contribution is 14.1. The summed E-state index contributed by atoms with van der Waals surface area (Å²) in [5.41, 5.74) is 6.67. The van der Waals surface area contributed by atoms with Crippen LogP contribution in [0.4, 0.5) is 0 Å². The first-order valence-corrected chi connectivity index (χ1v) is 5.88. The van der Waals surface area contributed by atoms with Gasteiger partial charge in [-0.15, -0.1) is 0 Å². The van der Waals surface area contributed by atoms with Gasteiger partial charge in [0.05, 0.1) is 0 Å². The predicted molar refractivity (Wildman–Crippen MR) is 64.0 cm³/mol. The van der Waals surface area contributed by atoms with Gasteiger partial charge in [-0.3, -0.25) is 4.79 Å². The first-order valence-electron chi connectivity index (χ1n) is 4.80. The van der Waals surface area contributed by atoms with E-state index in [-0.39, 0.29) is 11.6 Å². The molecule has 3 N–H and O–H groups in total. The van der Waals surface area contributed by atoms with Crippen LogP contribution >= 0.6 is 22.6 Å². The van der Waals surface area contributed by atoms with Crippen molar-refractivity contribution in [2.45, 2.75) is 25.3 Å². The molecule has 0 aromatic carbocycles. The normalized spacial score (nSPS) is 18.1. The van der Waals surface area contributed by atoms with Crippen LogP contribution in [0.2, 0.25) is 0 Å². The molecule has 1 saturated carbocycles. The number of pyridine rings is 1. The molecular formula is C10H13IN2O. The average Bonchev–Trinajstić information content (AvgIpc) is 2.93. The summed E-state index contributed by atoms with van der Waals surface area (Å²) >= 11 is 2.18. The van der Waals surface area contributed by atoms with Gasteiger partial charge in [-0.25, -0.2) is 0 Å². The second kappa shape index (κ2) is 4.02. The predicted octanol–water partition coefficient (Wildman–Crippen LogP) is 1.78. The maximum Gasteiger partial charge on any atom is 0.252 e. The summed E-state index contributed by atoms with van der Waals surface area (Å²) in [7, 11) is 0. The maximum atomic E-state index is 11.5.